The van der Waals surface area contributed by atoms with Gasteiger partial charge in [-0.05, 0) is 35.9 Å². The number of methoxy groups -OCH3 is 1. The lowest BCUT2D eigenvalue weighted by Gasteiger charge is -2.21. The van der Waals surface area contributed by atoms with E-state index in [1.165, 1.54) is 27.4 Å². The summed E-state index contributed by atoms with van der Waals surface area (Å²) in [4.78, 5) is 14.3. The summed E-state index contributed by atoms with van der Waals surface area (Å²) in [5.74, 6) is 0.449. The molecule has 0 aliphatic heterocycles. The van der Waals surface area contributed by atoms with Crippen molar-refractivity contribution < 1.29 is 17.9 Å². The van der Waals surface area contributed by atoms with Crippen LogP contribution < -0.4 is 4.74 Å². The average molecular weight is 425 g/mol. The van der Waals surface area contributed by atoms with E-state index in [1.807, 2.05) is 24.3 Å². The van der Waals surface area contributed by atoms with Crippen LogP contribution >= 0.6 is 11.6 Å². The zero-order valence-electron chi connectivity index (χ0n) is 16.5. The van der Waals surface area contributed by atoms with Gasteiger partial charge in [0.25, 0.3) is 5.91 Å². The first kappa shape index (κ1) is 22.2. The Labute approximate surface area is 171 Å². The maximum atomic E-state index is 12.8. The van der Waals surface area contributed by atoms with Crippen LogP contribution in [0, 0.1) is 0 Å². The molecule has 0 bridgehead atoms. The molecule has 0 aromatic heterocycles. The molecule has 0 atom stereocenters. The summed E-state index contributed by atoms with van der Waals surface area (Å²) >= 11 is 6.14. The lowest BCUT2D eigenvalue weighted by atomic mass is 10.1. The molecular weight excluding hydrogens is 400 g/mol. The van der Waals surface area contributed by atoms with Crippen molar-refractivity contribution in [3.05, 3.63) is 58.6 Å². The number of ether oxygens (including phenoxy) is 1. The molecule has 2 aromatic rings. The van der Waals surface area contributed by atoms with E-state index < -0.39 is 10.0 Å². The molecule has 0 spiro atoms. The molecule has 0 radical (unpaired) electrons. The van der Waals surface area contributed by atoms with E-state index in [-0.39, 0.29) is 21.4 Å². The largest absolute Gasteiger partial charge is 0.497 e. The number of hydrogen-bond acceptors (Lipinski definition) is 4. The Balaban J connectivity index is 2.28. The zero-order valence-corrected chi connectivity index (χ0v) is 18.0. The Morgan fingerprint density at radius 1 is 1.07 bits per heavy atom. The van der Waals surface area contributed by atoms with Gasteiger partial charge in [0.1, 0.15) is 10.6 Å². The number of nitrogens with zero attached hydrogens (tertiary/aromatic N) is 2. The van der Waals surface area contributed by atoms with E-state index in [9.17, 15) is 13.2 Å². The minimum atomic E-state index is -3.76. The molecule has 0 N–H and O–H groups in total. The molecule has 0 heterocycles. The Bertz CT molecular complexity index is 926. The number of rotatable bonds is 8. The van der Waals surface area contributed by atoms with Crippen LogP contribution in [0.25, 0.3) is 0 Å². The second kappa shape index (κ2) is 9.41. The van der Waals surface area contributed by atoms with Crippen LogP contribution in [0.3, 0.4) is 0 Å². The summed E-state index contributed by atoms with van der Waals surface area (Å²) < 4.78 is 32.1. The van der Waals surface area contributed by atoms with Crippen LogP contribution in [0.4, 0.5) is 0 Å². The molecular formula is C20H25ClN2O4S. The minimum absolute atomic E-state index is 0.0541. The Morgan fingerprint density at radius 3 is 2.21 bits per heavy atom. The van der Waals surface area contributed by atoms with E-state index in [0.717, 1.165) is 11.3 Å². The molecule has 28 heavy (non-hydrogen) atoms. The fraction of sp³-hybridized carbons (Fsp3) is 0.350. The van der Waals surface area contributed by atoms with Gasteiger partial charge in [-0.15, -0.1) is 0 Å². The van der Waals surface area contributed by atoms with Gasteiger partial charge in [-0.1, -0.05) is 37.6 Å². The van der Waals surface area contributed by atoms with E-state index in [4.69, 9.17) is 16.3 Å². The second-order valence-corrected chi connectivity index (χ2v) is 8.56. The van der Waals surface area contributed by atoms with Crippen LogP contribution in [-0.2, 0) is 16.6 Å². The molecule has 0 unspecified atom stereocenters. The van der Waals surface area contributed by atoms with Gasteiger partial charge in [0.2, 0.25) is 10.0 Å². The van der Waals surface area contributed by atoms with Gasteiger partial charge in [-0.3, -0.25) is 4.79 Å². The molecule has 0 fully saturated rings. The molecule has 152 valence electrons. The van der Waals surface area contributed by atoms with Crippen molar-refractivity contribution in [3.8, 4) is 5.75 Å². The molecule has 8 heteroatoms. The maximum Gasteiger partial charge on any atom is 0.253 e. The molecule has 0 saturated heterocycles. The van der Waals surface area contributed by atoms with Gasteiger partial charge >= 0.3 is 0 Å². The standard InChI is InChI=1S/C20H25ClN2O4S/c1-5-23(6-2)28(25,26)19-13-16(9-12-18(19)21)20(24)22(3)14-15-7-10-17(27-4)11-8-15/h7-13H,5-6,14H2,1-4H3. The van der Waals surface area contributed by atoms with Crippen molar-refractivity contribution in [2.75, 3.05) is 27.2 Å². The zero-order chi connectivity index (χ0) is 20.9. The highest BCUT2D eigenvalue weighted by Gasteiger charge is 2.26. The van der Waals surface area contributed by atoms with Crippen molar-refractivity contribution >= 4 is 27.5 Å². The summed E-state index contributed by atoms with van der Waals surface area (Å²) in [5.41, 5.74) is 1.20. The summed E-state index contributed by atoms with van der Waals surface area (Å²) in [6.45, 7) is 4.54. The molecule has 1 amide bonds. The van der Waals surface area contributed by atoms with Crippen molar-refractivity contribution in [2.45, 2.75) is 25.3 Å². The van der Waals surface area contributed by atoms with Crippen molar-refractivity contribution in [3.63, 3.8) is 0 Å². The first-order valence-electron chi connectivity index (χ1n) is 8.92. The number of carbonyl (C=O) groups excluding carboxylic acids is 1. The number of carbonyl (C=O) groups is 1. The lowest BCUT2D eigenvalue weighted by Crippen LogP contribution is -2.31. The van der Waals surface area contributed by atoms with Crippen LogP contribution in [0.15, 0.2) is 47.4 Å². The highest BCUT2D eigenvalue weighted by atomic mass is 35.5. The van der Waals surface area contributed by atoms with E-state index in [2.05, 4.69) is 0 Å². The van der Waals surface area contributed by atoms with Crippen molar-refractivity contribution in [1.82, 2.24) is 9.21 Å². The topological polar surface area (TPSA) is 66.9 Å². The monoisotopic (exact) mass is 424 g/mol. The quantitative estimate of drug-likeness (QED) is 0.648. The molecule has 6 nitrogen and oxygen atoms in total. The molecule has 2 rings (SSSR count). The average Bonchev–Trinajstić information content (AvgIpc) is 2.69. The predicted octanol–water partition coefficient (Wildman–Crippen LogP) is 3.65. The van der Waals surface area contributed by atoms with Crippen molar-refractivity contribution in [2.24, 2.45) is 0 Å². The molecule has 2 aromatic carbocycles. The summed E-state index contributed by atoms with van der Waals surface area (Å²) in [6.07, 6.45) is 0. The molecule has 0 aliphatic carbocycles. The highest BCUT2D eigenvalue weighted by Crippen LogP contribution is 2.26. The second-order valence-electron chi connectivity index (χ2n) is 6.24. The number of benzene rings is 2. The summed E-state index contributed by atoms with van der Waals surface area (Å²) in [6, 6.07) is 11.7. The fourth-order valence-corrected chi connectivity index (χ4v) is 4.79. The number of halogens is 1. The highest BCUT2D eigenvalue weighted by molar-refractivity contribution is 7.89. The number of hydrogen-bond donors (Lipinski definition) is 0. The third kappa shape index (κ3) is 4.84. The van der Waals surface area contributed by atoms with Crippen molar-refractivity contribution in [1.29, 1.82) is 0 Å². The Morgan fingerprint density at radius 2 is 1.68 bits per heavy atom. The number of amides is 1. The van der Waals surface area contributed by atoms with Gasteiger partial charge in [0.15, 0.2) is 0 Å². The van der Waals surface area contributed by atoms with E-state index in [0.29, 0.717) is 19.6 Å². The fourth-order valence-electron chi connectivity index (χ4n) is 2.83. The van der Waals surface area contributed by atoms with E-state index in [1.54, 1.807) is 28.0 Å². The van der Waals surface area contributed by atoms with Gasteiger partial charge in [-0.25, -0.2) is 8.42 Å². The van der Waals surface area contributed by atoms with E-state index >= 15 is 0 Å². The summed E-state index contributed by atoms with van der Waals surface area (Å²) in [5, 5.41) is 0.0984. The van der Waals surface area contributed by atoms with Crippen LogP contribution in [0.1, 0.15) is 29.8 Å². The molecule has 0 aliphatic rings. The smallest absolute Gasteiger partial charge is 0.253 e. The summed E-state index contributed by atoms with van der Waals surface area (Å²) in [7, 11) is -0.505. The SMILES string of the molecule is CCN(CC)S(=O)(=O)c1cc(C(=O)N(C)Cc2ccc(OC)cc2)ccc1Cl. The normalized spacial score (nSPS) is 11.5. The maximum absolute atomic E-state index is 12.8. The first-order chi connectivity index (χ1) is 13.2. The van der Waals surface area contributed by atoms with Crippen LogP contribution in [0.5, 0.6) is 5.75 Å². The minimum Gasteiger partial charge on any atom is -0.497 e. The lowest BCUT2D eigenvalue weighted by molar-refractivity contribution is 0.0785. The van der Waals surface area contributed by atoms with Crippen LogP contribution in [0.2, 0.25) is 5.02 Å². The Hall–Kier alpha value is -2.09. The van der Waals surface area contributed by atoms with Gasteiger partial charge in [0, 0.05) is 32.2 Å². The first-order valence-corrected chi connectivity index (χ1v) is 10.7. The molecule has 0 saturated carbocycles. The van der Waals surface area contributed by atoms with Gasteiger partial charge in [0.05, 0.1) is 12.1 Å². The number of sulfonamides is 1. The Kier molecular flexibility index (Phi) is 7.46. The van der Waals surface area contributed by atoms with Crippen LogP contribution in [-0.4, -0.2) is 50.8 Å². The van der Waals surface area contributed by atoms with Gasteiger partial charge < -0.3 is 9.64 Å². The third-order valence-corrected chi connectivity index (χ3v) is 6.96. The predicted molar refractivity (Wildman–Crippen MR) is 110 cm³/mol. The van der Waals surface area contributed by atoms with Gasteiger partial charge in [-0.2, -0.15) is 4.31 Å². The third-order valence-electron chi connectivity index (χ3n) is 4.43.